The number of nitrogens with zero attached hydrogens (tertiary/aromatic N) is 6. The molecule has 1 saturated heterocycles. The summed E-state index contributed by atoms with van der Waals surface area (Å²) in [5.41, 5.74) is 0.789. The van der Waals surface area contributed by atoms with Gasteiger partial charge in [-0.2, -0.15) is 0 Å². The number of ether oxygens (including phenoxy) is 7. The minimum Gasteiger partial charge on any atom is -0.491 e. The van der Waals surface area contributed by atoms with Gasteiger partial charge < -0.3 is 48.2 Å². The fourth-order valence-electron chi connectivity index (χ4n) is 4.72. The standard InChI is InChI=1S/C37H51N7O13/c1-3-16-50-19-21-52-18-15-43(14-13-38-32(45)8-11-36(49)57-44-34(47)9-10-35(44)48)33(46)12-17-51-20-22-53-23-24-54-25-26-55-27-28-56-31-6-4-30(5-7-31)37-41-39-29(2)40-42-37/h1,4-7H,8-28H2,2H3,(H,38,45). The summed E-state index contributed by atoms with van der Waals surface area (Å²) < 4.78 is 38.5. The van der Waals surface area contributed by atoms with E-state index in [2.05, 4.69) is 31.6 Å². The quantitative estimate of drug-likeness (QED) is 0.0604. The van der Waals surface area contributed by atoms with Gasteiger partial charge in [-0.1, -0.05) is 5.92 Å². The van der Waals surface area contributed by atoms with Gasteiger partial charge in [-0.15, -0.1) is 31.9 Å². The monoisotopic (exact) mass is 801 g/mol. The lowest BCUT2D eigenvalue weighted by Gasteiger charge is -2.23. The third-order valence-electron chi connectivity index (χ3n) is 7.64. The number of aryl methyl sites for hydroxylation is 1. The normalized spacial score (nSPS) is 12.4. The highest BCUT2D eigenvalue weighted by Crippen LogP contribution is 2.18. The fraction of sp³-hybridized carbons (Fsp3) is 0.595. The fourth-order valence-corrected chi connectivity index (χ4v) is 4.72. The molecule has 1 aromatic heterocycles. The molecule has 0 saturated carbocycles. The van der Waals surface area contributed by atoms with E-state index in [0.717, 1.165) is 5.56 Å². The predicted octanol–water partition coefficient (Wildman–Crippen LogP) is 0.0759. The first kappa shape index (κ1) is 46.2. The number of carbonyl (C=O) groups excluding carboxylic acids is 5. The summed E-state index contributed by atoms with van der Waals surface area (Å²) in [7, 11) is 0. The highest BCUT2D eigenvalue weighted by molar-refractivity contribution is 6.01. The third-order valence-corrected chi connectivity index (χ3v) is 7.64. The van der Waals surface area contributed by atoms with Crippen LogP contribution in [-0.4, -0.2) is 165 Å². The summed E-state index contributed by atoms with van der Waals surface area (Å²) in [4.78, 5) is 66.7. The Labute approximate surface area is 331 Å². The summed E-state index contributed by atoms with van der Waals surface area (Å²) in [5, 5.41) is 18.9. The van der Waals surface area contributed by atoms with Crippen molar-refractivity contribution in [3.63, 3.8) is 0 Å². The number of aromatic nitrogens is 4. The van der Waals surface area contributed by atoms with E-state index in [1.54, 1.807) is 6.92 Å². The van der Waals surface area contributed by atoms with Crippen LogP contribution in [0.25, 0.3) is 11.4 Å². The maximum atomic E-state index is 12.9. The van der Waals surface area contributed by atoms with Crippen molar-refractivity contribution in [1.29, 1.82) is 0 Å². The zero-order valence-electron chi connectivity index (χ0n) is 32.2. The minimum absolute atomic E-state index is 0.0251. The molecule has 312 valence electrons. The lowest BCUT2D eigenvalue weighted by Crippen LogP contribution is -2.41. The number of terminal acetylenes is 1. The molecule has 20 nitrogen and oxygen atoms in total. The van der Waals surface area contributed by atoms with Crippen LogP contribution >= 0.6 is 0 Å². The van der Waals surface area contributed by atoms with Gasteiger partial charge in [0.1, 0.15) is 19.0 Å². The topological polar surface area (TPSA) is 229 Å². The highest BCUT2D eigenvalue weighted by atomic mass is 16.7. The van der Waals surface area contributed by atoms with Crippen LogP contribution in [0, 0.1) is 19.3 Å². The Hall–Kier alpha value is -5.17. The molecule has 3 rings (SSSR count). The van der Waals surface area contributed by atoms with Crippen molar-refractivity contribution in [3.8, 4) is 29.5 Å². The van der Waals surface area contributed by atoms with Crippen molar-refractivity contribution in [1.82, 2.24) is 35.7 Å². The van der Waals surface area contributed by atoms with Gasteiger partial charge in [-0.05, 0) is 31.2 Å². The predicted molar refractivity (Wildman–Crippen MR) is 198 cm³/mol. The summed E-state index contributed by atoms with van der Waals surface area (Å²) in [6.45, 7) is 6.40. The summed E-state index contributed by atoms with van der Waals surface area (Å²) in [5.74, 6) is 1.26. The molecular weight excluding hydrogens is 750 g/mol. The minimum atomic E-state index is -0.876. The van der Waals surface area contributed by atoms with Gasteiger partial charge in [0.05, 0.1) is 85.5 Å². The lowest BCUT2D eigenvalue weighted by atomic mass is 10.2. The van der Waals surface area contributed by atoms with Crippen molar-refractivity contribution < 1.29 is 62.0 Å². The van der Waals surface area contributed by atoms with Gasteiger partial charge in [0.15, 0.2) is 5.82 Å². The number of imide groups is 1. The van der Waals surface area contributed by atoms with E-state index < -0.39 is 23.7 Å². The number of nitrogens with one attached hydrogen (secondary N) is 1. The van der Waals surface area contributed by atoms with E-state index in [4.69, 9.17) is 44.4 Å². The molecule has 4 amide bonds. The van der Waals surface area contributed by atoms with Crippen molar-refractivity contribution in [2.45, 2.75) is 39.0 Å². The zero-order valence-corrected chi connectivity index (χ0v) is 32.2. The first-order valence-corrected chi connectivity index (χ1v) is 18.5. The smallest absolute Gasteiger partial charge is 0.333 e. The number of rotatable bonds is 31. The van der Waals surface area contributed by atoms with Crippen LogP contribution in [0.15, 0.2) is 24.3 Å². The molecule has 0 bridgehead atoms. The molecule has 0 radical (unpaired) electrons. The summed E-state index contributed by atoms with van der Waals surface area (Å²) >= 11 is 0. The second kappa shape index (κ2) is 28.3. The number of hydrogen-bond donors (Lipinski definition) is 1. The van der Waals surface area contributed by atoms with E-state index in [1.807, 2.05) is 24.3 Å². The molecule has 1 fully saturated rings. The van der Waals surface area contributed by atoms with Crippen LogP contribution < -0.4 is 10.1 Å². The maximum Gasteiger partial charge on any atom is 0.333 e. The van der Waals surface area contributed by atoms with Crippen LogP contribution in [0.4, 0.5) is 0 Å². The third kappa shape index (κ3) is 20.0. The Morgan fingerprint density at radius 3 is 1.89 bits per heavy atom. The summed E-state index contributed by atoms with van der Waals surface area (Å²) in [6, 6.07) is 7.30. The first-order valence-electron chi connectivity index (χ1n) is 18.5. The lowest BCUT2D eigenvalue weighted by molar-refractivity contribution is -0.197. The molecule has 1 N–H and O–H groups in total. The van der Waals surface area contributed by atoms with Crippen LogP contribution in [-0.2, 0) is 57.2 Å². The maximum absolute atomic E-state index is 12.9. The number of benzene rings is 1. The second-order valence-corrected chi connectivity index (χ2v) is 12.0. The van der Waals surface area contributed by atoms with Crippen molar-refractivity contribution >= 4 is 29.6 Å². The average molecular weight is 802 g/mol. The first-order chi connectivity index (χ1) is 27.8. The zero-order chi connectivity index (χ0) is 40.9. The highest BCUT2D eigenvalue weighted by Gasteiger charge is 2.32. The Balaban J connectivity index is 1.18. The Morgan fingerprint density at radius 2 is 1.28 bits per heavy atom. The Bertz CT molecular complexity index is 1540. The van der Waals surface area contributed by atoms with Gasteiger partial charge in [-0.25, -0.2) is 4.79 Å². The van der Waals surface area contributed by atoms with Gasteiger partial charge in [0, 0.05) is 44.5 Å². The molecule has 0 spiro atoms. The Kier molecular flexibility index (Phi) is 22.9. The van der Waals surface area contributed by atoms with E-state index in [0.29, 0.717) is 81.9 Å². The molecule has 2 heterocycles. The molecule has 20 heteroatoms. The van der Waals surface area contributed by atoms with Gasteiger partial charge in [0.2, 0.25) is 17.6 Å². The molecule has 1 aliphatic rings. The van der Waals surface area contributed by atoms with Gasteiger partial charge in [0.25, 0.3) is 11.8 Å². The van der Waals surface area contributed by atoms with Crippen LogP contribution in [0.1, 0.15) is 37.9 Å². The molecule has 2 aromatic rings. The van der Waals surface area contributed by atoms with E-state index in [-0.39, 0.29) is 84.1 Å². The van der Waals surface area contributed by atoms with E-state index in [1.165, 1.54) is 4.90 Å². The molecule has 1 aliphatic heterocycles. The van der Waals surface area contributed by atoms with Crippen LogP contribution in [0.2, 0.25) is 0 Å². The average Bonchev–Trinajstić information content (AvgIpc) is 3.53. The van der Waals surface area contributed by atoms with Crippen LogP contribution in [0.5, 0.6) is 5.75 Å². The van der Waals surface area contributed by atoms with Crippen molar-refractivity contribution in [2.24, 2.45) is 0 Å². The van der Waals surface area contributed by atoms with E-state index >= 15 is 0 Å². The number of hydroxylamine groups is 2. The number of amides is 4. The molecule has 0 aliphatic carbocycles. The van der Waals surface area contributed by atoms with Crippen molar-refractivity contribution in [2.75, 3.05) is 106 Å². The molecule has 0 unspecified atom stereocenters. The largest absolute Gasteiger partial charge is 0.491 e. The number of hydrogen-bond acceptors (Lipinski definition) is 17. The van der Waals surface area contributed by atoms with Gasteiger partial charge >= 0.3 is 5.97 Å². The molecular formula is C37H51N7O13. The number of carbonyl (C=O) groups is 5. The molecule has 0 atom stereocenters. The summed E-state index contributed by atoms with van der Waals surface area (Å²) in [6.07, 6.45) is 4.64. The SMILES string of the molecule is C#CCOCCOCCN(CCNC(=O)CCC(=O)ON1C(=O)CCC1=O)C(=O)CCOCCOCCOCCOCCOc1ccc(-c2nnc(C)nn2)cc1. The molecule has 1 aromatic carbocycles. The van der Waals surface area contributed by atoms with E-state index in [9.17, 15) is 24.0 Å². The van der Waals surface area contributed by atoms with Gasteiger partial charge in [-0.3, -0.25) is 19.2 Å². The van der Waals surface area contributed by atoms with Crippen molar-refractivity contribution in [3.05, 3.63) is 30.1 Å². The van der Waals surface area contributed by atoms with Crippen LogP contribution in [0.3, 0.4) is 0 Å². The molecule has 57 heavy (non-hydrogen) atoms. The Morgan fingerprint density at radius 1 is 0.719 bits per heavy atom. The second-order valence-electron chi connectivity index (χ2n) is 12.0.